The average Bonchev–Trinajstić information content (AvgIpc) is 2.47. The van der Waals surface area contributed by atoms with Crippen molar-refractivity contribution in [2.75, 3.05) is 19.4 Å². The van der Waals surface area contributed by atoms with E-state index in [2.05, 4.69) is 35.3 Å². The summed E-state index contributed by atoms with van der Waals surface area (Å²) < 4.78 is 0. The molecule has 0 atom stereocenters. The highest BCUT2D eigenvalue weighted by Gasteiger charge is 2.05. The van der Waals surface area contributed by atoms with Gasteiger partial charge in [0.2, 0.25) is 0 Å². The second kappa shape index (κ2) is 7.09. The molecule has 0 saturated carbocycles. The first-order valence-electron chi connectivity index (χ1n) is 7.26. The lowest BCUT2D eigenvalue weighted by atomic mass is 10.1. The van der Waals surface area contributed by atoms with Gasteiger partial charge in [-0.15, -0.1) is 0 Å². The molecule has 2 N–H and O–H groups in total. The summed E-state index contributed by atoms with van der Waals surface area (Å²) in [5.74, 6) is -0.897. The highest BCUT2D eigenvalue weighted by molar-refractivity contribution is 5.87. The Balaban J connectivity index is 2.10. The molecule has 0 heterocycles. The number of anilines is 1. The fourth-order valence-corrected chi connectivity index (χ4v) is 2.33. The largest absolute Gasteiger partial charge is 0.478 e. The summed E-state index contributed by atoms with van der Waals surface area (Å²) in [7, 11) is 4.09. The van der Waals surface area contributed by atoms with E-state index >= 15 is 0 Å². The molecular weight excluding hydrogens is 276 g/mol. The molecule has 4 heteroatoms. The van der Waals surface area contributed by atoms with E-state index in [9.17, 15) is 4.79 Å². The van der Waals surface area contributed by atoms with E-state index in [-0.39, 0.29) is 0 Å². The van der Waals surface area contributed by atoms with Gasteiger partial charge in [-0.3, -0.25) is 0 Å². The number of aryl methyl sites for hydroxylation is 1. The first kappa shape index (κ1) is 16.0. The summed E-state index contributed by atoms with van der Waals surface area (Å²) in [4.78, 5) is 13.1. The van der Waals surface area contributed by atoms with E-state index < -0.39 is 5.97 Å². The van der Waals surface area contributed by atoms with Crippen LogP contribution in [0.5, 0.6) is 0 Å². The molecule has 2 aromatic rings. The number of nitrogens with zero attached hydrogens (tertiary/aromatic N) is 1. The number of benzene rings is 2. The lowest BCUT2D eigenvalue weighted by Crippen LogP contribution is -2.11. The Morgan fingerprint density at radius 1 is 1.14 bits per heavy atom. The van der Waals surface area contributed by atoms with Gasteiger partial charge in [0.15, 0.2) is 0 Å². The number of aromatic carboxylic acids is 1. The summed E-state index contributed by atoms with van der Waals surface area (Å²) >= 11 is 0. The number of rotatable bonds is 6. The molecule has 116 valence electrons. The standard InChI is InChI=1S/C18H22N2O2/c1-13-7-8-15(12-20(2)3)10-17(13)19-11-14-5-4-6-16(9-14)18(21)22/h4-10,19H,11-12H2,1-3H3,(H,21,22). The summed E-state index contributed by atoms with van der Waals surface area (Å²) in [6.07, 6.45) is 0. The molecule has 0 bridgehead atoms. The predicted octanol–water partition coefficient (Wildman–Crippen LogP) is 3.37. The highest BCUT2D eigenvalue weighted by atomic mass is 16.4. The Bertz CT molecular complexity index is 666. The molecule has 0 radical (unpaired) electrons. The summed E-state index contributed by atoms with van der Waals surface area (Å²) in [6.45, 7) is 3.56. The van der Waals surface area contributed by atoms with Gasteiger partial charge in [-0.2, -0.15) is 0 Å². The second-order valence-corrected chi connectivity index (χ2v) is 5.75. The van der Waals surface area contributed by atoms with Gasteiger partial charge < -0.3 is 15.3 Å². The Morgan fingerprint density at radius 3 is 2.59 bits per heavy atom. The first-order chi connectivity index (χ1) is 10.5. The van der Waals surface area contributed by atoms with Crippen molar-refractivity contribution in [1.29, 1.82) is 0 Å². The summed E-state index contributed by atoms with van der Waals surface area (Å²) in [6, 6.07) is 13.4. The molecule has 0 spiro atoms. The molecule has 2 aromatic carbocycles. The van der Waals surface area contributed by atoms with Crippen LogP contribution < -0.4 is 5.32 Å². The Morgan fingerprint density at radius 2 is 1.91 bits per heavy atom. The minimum atomic E-state index is -0.897. The third-order valence-electron chi connectivity index (χ3n) is 3.46. The first-order valence-corrected chi connectivity index (χ1v) is 7.26. The summed E-state index contributed by atoms with van der Waals surface area (Å²) in [5, 5.41) is 12.4. The van der Waals surface area contributed by atoms with E-state index in [0.29, 0.717) is 12.1 Å². The zero-order chi connectivity index (χ0) is 16.1. The highest BCUT2D eigenvalue weighted by Crippen LogP contribution is 2.19. The molecular formula is C18H22N2O2. The normalized spacial score (nSPS) is 10.7. The van der Waals surface area contributed by atoms with Crippen molar-refractivity contribution < 1.29 is 9.90 Å². The van der Waals surface area contributed by atoms with Crippen molar-refractivity contribution in [3.63, 3.8) is 0 Å². The fraction of sp³-hybridized carbons (Fsp3) is 0.278. The molecule has 2 rings (SSSR count). The van der Waals surface area contributed by atoms with Crippen LogP contribution in [-0.2, 0) is 13.1 Å². The van der Waals surface area contributed by atoms with E-state index in [0.717, 1.165) is 17.8 Å². The molecule has 0 aromatic heterocycles. The van der Waals surface area contributed by atoms with Gasteiger partial charge in [0.25, 0.3) is 0 Å². The van der Waals surface area contributed by atoms with Gasteiger partial charge in [-0.05, 0) is 55.9 Å². The summed E-state index contributed by atoms with van der Waals surface area (Å²) in [5.41, 5.74) is 4.78. The molecule has 0 fully saturated rings. The van der Waals surface area contributed by atoms with E-state index in [4.69, 9.17) is 5.11 Å². The van der Waals surface area contributed by atoms with Crippen LogP contribution in [0, 0.1) is 6.92 Å². The number of hydrogen-bond donors (Lipinski definition) is 2. The lowest BCUT2D eigenvalue weighted by molar-refractivity contribution is 0.0697. The Labute approximate surface area is 131 Å². The van der Waals surface area contributed by atoms with Crippen LogP contribution in [0.3, 0.4) is 0 Å². The fourth-order valence-electron chi connectivity index (χ4n) is 2.33. The third-order valence-corrected chi connectivity index (χ3v) is 3.46. The maximum atomic E-state index is 11.0. The Hall–Kier alpha value is -2.33. The van der Waals surface area contributed by atoms with Gasteiger partial charge in [0, 0.05) is 18.8 Å². The minimum absolute atomic E-state index is 0.317. The molecule has 0 unspecified atom stereocenters. The maximum absolute atomic E-state index is 11.0. The number of carboxylic acids is 1. The zero-order valence-electron chi connectivity index (χ0n) is 13.3. The molecule has 0 aliphatic rings. The topological polar surface area (TPSA) is 52.6 Å². The molecule has 0 saturated heterocycles. The van der Waals surface area contributed by atoms with Crippen molar-refractivity contribution in [1.82, 2.24) is 4.90 Å². The average molecular weight is 298 g/mol. The second-order valence-electron chi connectivity index (χ2n) is 5.75. The van der Waals surface area contributed by atoms with Gasteiger partial charge in [0.1, 0.15) is 0 Å². The Kier molecular flexibility index (Phi) is 5.17. The smallest absolute Gasteiger partial charge is 0.335 e. The third kappa shape index (κ3) is 4.33. The molecule has 0 aliphatic heterocycles. The van der Waals surface area contributed by atoms with Crippen LogP contribution in [0.2, 0.25) is 0 Å². The van der Waals surface area contributed by atoms with Crippen molar-refractivity contribution in [2.24, 2.45) is 0 Å². The van der Waals surface area contributed by atoms with Crippen molar-refractivity contribution in [2.45, 2.75) is 20.0 Å². The van der Waals surface area contributed by atoms with Crippen LogP contribution in [0.25, 0.3) is 0 Å². The monoisotopic (exact) mass is 298 g/mol. The lowest BCUT2D eigenvalue weighted by Gasteiger charge is -2.14. The molecule has 22 heavy (non-hydrogen) atoms. The van der Waals surface area contributed by atoms with Crippen molar-refractivity contribution >= 4 is 11.7 Å². The van der Waals surface area contributed by atoms with Gasteiger partial charge >= 0.3 is 5.97 Å². The van der Waals surface area contributed by atoms with E-state index in [1.165, 1.54) is 11.1 Å². The molecule has 4 nitrogen and oxygen atoms in total. The van der Waals surface area contributed by atoms with Gasteiger partial charge in [-0.25, -0.2) is 4.79 Å². The zero-order valence-corrected chi connectivity index (χ0v) is 13.3. The predicted molar refractivity (Wildman–Crippen MR) is 89.3 cm³/mol. The van der Waals surface area contributed by atoms with Gasteiger partial charge in [-0.1, -0.05) is 24.3 Å². The number of hydrogen-bond acceptors (Lipinski definition) is 3. The SMILES string of the molecule is Cc1ccc(CN(C)C)cc1NCc1cccc(C(=O)O)c1. The van der Waals surface area contributed by atoms with E-state index in [1.807, 2.05) is 20.2 Å². The van der Waals surface area contributed by atoms with Crippen molar-refractivity contribution in [3.8, 4) is 0 Å². The van der Waals surface area contributed by atoms with Crippen LogP contribution in [0.1, 0.15) is 27.0 Å². The molecule has 0 aliphatic carbocycles. The number of nitrogens with one attached hydrogen (secondary N) is 1. The minimum Gasteiger partial charge on any atom is -0.478 e. The van der Waals surface area contributed by atoms with Gasteiger partial charge in [0.05, 0.1) is 5.56 Å². The van der Waals surface area contributed by atoms with Crippen LogP contribution in [0.4, 0.5) is 5.69 Å². The number of carboxylic acid groups (broad SMARTS) is 1. The maximum Gasteiger partial charge on any atom is 0.335 e. The van der Waals surface area contributed by atoms with Crippen LogP contribution in [-0.4, -0.2) is 30.1 Å². The van der Waals surface area contributed by atoms with Crippen LogP contribution >= 0.6 is 0 Å². The number of carbonyl (C=O) groups is 1. The quantitative estimate of drug-likeness (QED) is 0.858. The van der Waals surface area contributed by atoms with Crippen LogP contribution in [0.15, 0.2) is 42.5 Å². The molecule has 0 amide bonds. The van der Waals surface area contributed by atoms with Crippen molar-refractivity contribution in [3.05, 3.63) is 64.7 Å². The van der Waals surface area contributed by atoms with E-state index in [1.54, 1.807) is 18.2 Å².